The predicted molar refractivity (Wildman–Crippen MR) is 163 cm³/mol. The number of carbonyl (C=O) groups excluding carboxylic acids is 2. The van der Waals surface area contributed by atoms with Gasteiger partial charge in [-0.1, -0.05) is 74.4 Å². The van der Waals surface area contributed by atoms with Gasteiger partial charge in [0.15, 0.2) is 0 Å². The third kappa shape index (κ3) is 6.99. The molecule has 1 aliphatic rings. The lowest BCUT2D eigenvalue weighted by atomic mass is 10.1. The van der Waals surface area contributed by atoms with Crippen LogP contribution in [0, 0.1) is 20.8 Å². The van der Waals surface area contributed by atoms with E-state index in [1.807, 2.05) is 58.0 Å². The van der Waals surface area contributed by atoms with Crippen molar-refractivity contribution in [3.8, 4) is 0 Å². The van der Waals surface area contributed by atoms with Gasteiger partial charge in [0.05, 0.1) is 10.6 Å². The van der Waals surface area contributed by atoms with E-state index < -0.39 is 28.5 Å². The first-order chi connectivity index (χ1) is 19.6. The maximum absolute atomic E-state index is 14.3. The maximum atomic E-state index is 14.3. The second kappa shape index (κ2) is 13.3. The number of anilines is 1. The molecule has 0 bridgehead atoms. The van der Waals surface area contributed by atoms with Crippen LogP contribution in [0.25, 0.3) is 0 Å². The Bertz CT molecular complexity index is 1470. The highest BCUT2D eigenvalue weighted by Crippen LogP contribution is 2.29. The number of hydrogen-bond donors (Lipinski definition) is 1. The highest BCUT2D eigenvalue weighted by Gasteiger charge is 2.35. The molecule has 1 aliphatic carbocycles. The van der Waals surface area contributed by atoms with Gasteiger partial charge in [-0.25, -0.2) is 8.42 Å². The molecule has 0 radical (unpaired) electrons. The zero-order valence-corrected chi connectivity index (χ0v) is 25.3. The van der Waals surface area contributed by atoms with Gasteiger partial charge in [0.1, 0.15) is 12.6 Å². The molecular weight excluding hydrogens is 534 g/mol. The normalized spacial score (nSPS) is 14.4. The first kappa shape index (κ1) is 30.3. The number of nitrogens with one attached hydrogen (secondary N) is 1. The molecule has 0 unspecified atom stereocenters. The third-order valence-corrected chi connectivity index (χ3v) is 9.92. The van der Waals surface area contributed by atoms with Gasteiger partial charge in [0, 0.05) is 12.6 Å². The molecule has 4 rings (SSSR count). The lowest BCUT2D eigenvalue weighted by Crippen LogP contribution is -2.53. The lowest BCUT2D eigenvalue weighted by Gasteiger charge is -2.34. The molecule has 3 aromatic carbocycles. The molecule has 3 aromatic rings. The summed E-state index contributed by atoms with van der Waals surface area (Å²) in [5.41, 5.74) is 4.05. The van der Waals surface area contributed by atoms with Crippen LogP contribution in [0.1, 0.15) is 61.3 Å². The van der Waals surface area contributed by atoms with Crippen LogP contribution in [0.4, 0.5) is 5.69 Å². The van der Waals surface area contributed by atoms with Crippen molar-refractivity contribution in [1.29, 1.82) is 0 Å². The van der Waals surface area contributed by atoms with Crippen LogP contribution < -0.4 is 9.62 Å². The zero-order valence-electron chi connectivity index (χ0n) is 24.5. The van der Waals surface area contributed by atoms with Gasteiger partial charge in [-0.2, -0.15) is 0 Å². The van der Waals surface area contributed by atoms with Crippen LogP contribution >= 0.6 is 0 Å². The van der Waals surface area contributed by atoms with E-state index in [0.29, 0.717) is 12.1 Å². The molecule has 0 aromatic heterocycles. The van der Waals surface area contributed by atoms with Crippen molar-refractivity contribution in [3.63, 3.8) is 0 Å². The van der Waals surface area contributed by atoms with E-state index in [-0.39, 0.29) is 23.4 Å². The maximum Gasteiger partial charge on any atom is 0.264 e. The fourth-order valence-electron chi connectivity index (χ4n) is 5.50. The minimum absolute atomic E-state index is 0.102. The number of amides is 2. The smallest absolute Gasteiger partial charge is 0.264 e. The van der Waals surface area contributed by atoms with Crippen molar-refractivity contribution < 1.29 is 18.0 Å². The number of hydrogen-bond acceptors (Lipinski definition) is 4. The van der Waals surface area contributed by atoms with E-state index in [1.54, 1.807) is 35.2 Å². The summed E-state index contributed by atoms with van der Waals surface area (Å²) in [6.45, 7) is 7.41. The van der Waals surface area contributed by atoms with Crippen molar-refractivity contribution >= 4 is 27.5 Å². The molecule has 218 valence electrons. The number of nitrogens with zero attached hydrogens (tertiary/aromatic N) is 2. The quantitative estimate of drug-likeness (QED) is 0.319. The topological polar surface area (TPSA) is 86.8 Å². The predicted octanol–water partition coefficient (Wildman–Crippen LogP) is 5.67. The van der Waals surface area contributed by atoms with Crippen LogP contribution in [-0.2, 0) is 26.2 Å². The van der Waals surface area contributed by atoms with Gasteiger partial charge < -0.3 is 10.2 Å². The Morgan fingerprint density at radius 3 is 2.17 bits per heavy atom. The molecule has 7 nitrogen and oxygen atoms in total. The van der Waals surface area contributed by atoms with Crippen molar-refractivity contribution in [1.82, 2.24) is 10.2 Å². The first-order valence-electron chi connectivity index (χ1n) is 14.4. The summed E-state index contributed by atoms with van der Waals surface area (Å²) in [6, 6.07) is 20.7. The molecular formula is C33H41N3O4S. The number of rotatable bonds is 11. The minimum atomic E-state index is -4.09. The molecule has 0 saturated heterocycles. The summed E-state index contributed by atoms with van der Waals surface area (Å²) in [6.07, 6.45) is 4.43. The summed E-state index contributed by atoms with van der Waals surface area (Å²) >= 11 is 0. The van der Waals surface area contributed by atoms with E-state index in [2.05, 4.69) is 5.32 Å². The second-order valence-corrected chi connectivity index (χ2v) is 12.8. The van der Waals surface area contributed by atoms with E-state index in [0.717, 1.165) is 47.9 Å². The van der Waals surface area contributed by atoms with Crippen LogP contribution in [0.2, 0.25) is 0 Å². The van der Waals surface area contributed by atoms with Crippen LogP contribution in [0.3, 0.4) is 0 Å². The van der Waals surface area contributed by atoms with E-state index in [9.17, 15) is 18.0 Å². The van der Waals surface area contributed by atoms with Gasteiger partial charge in [-0.05, 0) is 80.5 Å². The molecule has 2 amide bonds. The number of aryl methyl sites for hydroxylation is 2. The summed E-state index contributed by atoms with van der Waals surface area (Å²) in [7, 11) is -4.09. The molecule has 1 saturated carbocycles. The van der Waals surface area contributed by atoms with Crippen LogP contribution in [-0.4, -0.2) is 43.8 Å². The Morgan fingerprint density at radius 2 is 1.51 bits per heavy atom. The van der Waals surface area contributed by atoms with Crippen molar-refractivity contribution in [3.05, 3.63) is 95.1 Å². The average Bonchev–Trinajstić information content (AvgIpc) is 3.47. The Labute approximate surface area is 244 Å². The molecule has 1 N–H and O–H groups in total. The fourth-order valence-corrected chi connectivity index (χ4v) is 6.99. The van der Waals surface area contributed by atoms with Crippen LogP contribution in [0.5, 0.6) is 0 Å². The van der Waals surface area contributed by atoms with Gasteiger partial charge >= 0.3 is 0 Å². The van der Waals surface area contributed by atoms with Gasteiger partial charge in [-0.3, -0.25) is 13.9 Å². The molecule has 1 atom stereocenters. The highest BCUT2D eigenvalue weighted by atomic mass is 32.2. The number of carbonyl (C=O) groups is 2. The zero-order chi connectivity index (χ0) is 29.6. The summed E-state index contributed by atoms with van der Waals surface area (Å²) in [4.78, 5) is 29.5. The summed E-state index contributed by atoms with van der Waals surface area (Å²) < 4.78 is 29.3. The monoisotopic (exact) mass is 575 g/mol. The third-order valence-electron chi connectivity index (χ3n) is 8.14. The van der Waals surface area contributed by atoms with E-state index in [1.165, 1.54) is 16.4 Å². The SMILES string of the molecule is CC[C@@H](C(=O)NC1CCCC1)N(Cc1ccccc1C)C(=O)CN(c1cccc(C)c1C)S(=O)(=O)c1ccccc1. The molecule has 8 heteroatoms. The molecule has 0 aliphatic heterocycles. The fraction of sp³-hybridized carbons (Fsp3) is 0.394. The molecule has 0 heterocycles. The molecule has 1 fully saturated rings. The van der Waals surface area contributed by atoms with Crippen molar-refractivity contribution in [2.75, 3.05) is 10.8 Å². The van der Waals surface area contributed by atoms with Crippen molar-refractivity contribution in [2.45, 2.75) is 83.3 Å². The summed E-state index contributed by atoms with van der Waals surface area (Å²) in [5.74, 6) is -0.618. The average molecular weight is 576 g/mol. The first-order valence-corrected chi connectivity index (χ1v) is 15.9. The van der Waals surface area contributed by atoms with E-state index in [4.69, 9.17) is 0 Å². The molecule has 41 heavy (non-hydrogen) atoms. The Morgan fingerprint density at radius 1 is 0.878 bits per heavy atom. The van der Waals surface area contributed by atoms with Gasteiger partial charge in [0.2, 0.25) is 11.8 Å². The Hall–Kier alpha value is -3.65. The molecule has 0 spiro atoms. The Balaban J connectivity index is 1.75. The van der Waals surface area contributed by atoms with Crippen molar-refractivity contribution in [2.24, 2.45) is 0 Å². The lowest BCUT2D eigenvalue weighted by molar-refractivity contribution is -0.140. The van der Waals surface area contributed by atoms with Crippen LogP contribution in [0.15, 0.2) is 77.7 Å². The standard InChI is InChI=1S/C33H41N3O4S/c1-5-30(33(38)34-28-17-11-12-18-28)35(22-27-16-10-9-14-25(27)3)32(37)23-36(31-21-13-15-24(2)26(31)4)41(39,40)29-19-7-6-8-20-29/h6-10,13-16,19-21,28,30H,5,11-12,17-18,22-23H2,1-4H3,(H,34,38)/t30-/m0/s1. The van der Waals surface area contributed by atoms with Gasteiger partial charge in [-0.15, -0.1) is 0 Å². The van der Waals surface area contributed by atoms with Gasteiger partial charge in [0.25, 0.3) is 10.0 Å². The highest BCUT2D eigenvalue weighted by molar-refractivity contribution is 7.92. The number of sulfonamides is 1. The Kier molecular flexibility index (Phi) is 9.86. The minimum Gasteiger partial charge on any atom is -0.352 e. The summed E-state index contributed by atoms with van der Waals surface area (Å²) in [5, 5.41) is 3.16. The number of benzene rings is 3. The second-order valence-electron chi connectivity index (χ2n) is 10.9. The van der Waals surface area contributed by atoms with E-state index >= 15 is 0 Å². The largest absolute Gasteiger partial charge is 0.352 e.